The third-order valence-corrected chi connectivity index (χ3v) is 3.66. The first-order chi connectivity index (χ1) is 7.64. The summed E-state index contributed by atoms with van der Waals surface area (Å²) in [6.45, 7) is 0. The molecule has 0 N–H and O–H groups in total. The maximum atomic E-state index is 11.9. The van der Waals surface area contributed by atoms with Crippen molar-refractivity contribution in [3.8, 4) is 6.07 Å². The molecule has 0 saturated carbocycles. The van der Waals surface area contributed by atoms with Gasteiger partial charge in [-0.1, -0.05) is 11.2 Å². The van der Waals surface area contributed by atoms with E-state index in [2.05, 4.69) is 15.0 Å². The minimum Gasteiger partial charge on any atom is -0.376 e. The minimum atomic E-state index is -3.72. The number of hydrogen-bond donors (Lipinski definition) is 0. The lowest BCUT2D eigenvalue weighted by Gasteiger charge is -1.99. The monoisotopic (exact) mass is 237 g/mol. The van der Waals surface area contributed by atoms with E-state index in [1.165, 1.54) is 12.3 Å². The van der Waals surface area contributed by atoms with Crippen LogP contribution in [0.3, 0.4) is 0 Å². The molecule has 0 radical (unpaired) electrons. The van der Waals surface area contributed by atoms with E-state index in [0.29, 0.717) is 0 Å². The molecular formula is C9H7N3O3S. The molecule has 0 aromatic carbocycles. The van der Waals surface area contributed by atoms with Gasteiger partial charge < -0.3 is 4.84 Å². The maximum absolute atomic E-state index is 11.9. The van der Waals surface area contributed by atoms with Crippen molar-refractivity contribution in [3.05, 3.63) is 24.4 Å². The van der Waals surface area contributed by atoms with Gasteiger partial charge in [-0.05, 0) is 12.1 Å². The van der Waals surface area contributed by atoms with Crippen molar-refractivity contribution in [2.75, 3.05) is 0 Å². The third kappa shape index (κ3) is 1.75. The van der Waals surface area contributed by atoms with Crippen LogP contribution in [0, 0.1) is 11.3 Å². The average Bonchev–Trinajstić information content (AvgIpc) is 2.79. The van der Waals surface area contributed by atoms with Gasteiger partial charge in [-0.25, -0.2) is 13.4 Å². The normalized spacial score (nSPS) is 19.7. The van der Waals surface area contributed by atoms with Crippen LogP contribution in [-0.2, 0) is 14.7 Å². The second-order valence-corrected chi connectivity index (χ2v) is 4.98. The molecule has 7 heteroatoms. The molecule has 1 aromatic heterocycles. The smallest absolute Gasteiger partial charge is 0.240 e. The highest BCUT2D eigenvalue weighted by Crippen LogP contribution is 2.18. The van der Waals surface area contributed by atoms with Crippen LogP contribution in [0.4, 0.5) is 0 Å². The fourth-order valence-corrected chi connectivity index (χ4v) is 2.42. The Hall–Kier alpha value is -1.94. The zero-order chi connectivity index (χ0) is 11.6. The summed E-state index contributed by atoms with van der Waals surface area (Å²) in [5.41, 5.74) is 0. The van der Waals surface area contributed by atoms with Gasteiger partial charge in [-0.2, -0.15) is 5.26 Å². The van der Waals surface area contributed by atoms with E-state index in [4.69, 9.17) is 5.26 Å². The van der Waals surface area contributed by atoms with Gasteiger partial charge in [0, 0.05) is 6.20 Å². The Morgan fingerprint density at radius 1 is 1.50 bits per heavy atom. The number of hydrogen-bond acceptors (Lipinski definition) is 6. The van der Waals surface area contributed by atoms with Gasteiger partial charge >= 0.3 is 0 Å². The van der Waals surface area contributed by atoms with Crippen molar-refractivity contribution >= 4 is 14.9 Å². The SMILES string of the molecule is N#CC1CC(S(=O)(=O)c2ccccn2)=NO1. The molecule has 1 aliphatic rings. The van der Waals surface area contributed by atoms with Crippen LogP contribution in [0.5, 0.6) is 0 Å². The molecule has 1 unspecified atom stereocenters. The van der Waals surface area contributed by atoms with E-state index < -0.39 is 15.9 Å². The standard InChI is InChI=1S/C9H7N3O3S/c10-6-7-5-9(12-15-7)16(13,14)8-3-1-2-4-11-8/h1-4,7H,5H2. The molecule has 6 nitrogen and oxygen atoms in total. The number of nitriles is 1. The minimum absolute atomic E-state index is 0.0323. The number of oxime groups is 1. The first-order valence-corrected chi connectivity index (χ1v) is 5.91. The predicted molar refractivity (Wildman–Crippen MR) is 54.0 cm³/mol. The summed E-state index contributed by atoms with van der Waals surface area (Å²) in [5.74, 6) is 0. The van der Waals surface area contributed by atoms with E-state index in [1.54, 1.807) is 18.2 Å². The van der Waals surface area contributed by atoms with Gasteiger partial charge in [-0.15, -0.1) is 0 Å². The lowest BCUT2D eigenvalue weighted by molar-refractivity contribution is 0.125. The van der Waals surface area contributed by atoms with Gasteiger partial charge in [0.1, 0.15) is 6.07 Å². The van der Waals surface area contributed by atoms with Crippen LogP contribution >= 0.6 is 0 Å². The van der Waals surface area contributed by atoms with Gasteiger partial charge in [0.05, 0.1) is 6.42 Å². The van der Waals surface area contributed by atoms with Gasteiger partial charge in [0.2, 0.25) is 15.9 Å². The van der Waals surface area contributed by atoms with Crippen LogP contribution in [0.2, 0.25) is 0 Å². The summed E-state index contributed by atoms with van der Waals surface area (Å²) >= 11 is 0. The quantitative estimate of drug-likeness (QED) is 0.708. The lowest BCUT2D eigenvalue weighted by atomic mass is 10.3. The lowest BCUT2D eigenvalue weighted by Crippen LogP contribution is -2.16. The highest BCUT2D eigenvalue weighted by atomic mass is 32.2. The molecule has 0 bridgehead atoms. The van der Waals surface area contributed by atoms with Crippen molar-refractivity contribution in [2.24, 2.45) is 5.16 Å². The summed E-state index contributed by atoms with van der Waals surface area (Å²) in [4.78, 5) is 8.38. The molecule has 2 rings (SSSR count). The summed E-state index contributed by atoms with van der Waals surface area (Å²) in [6, 6.07) is 6.35. The Balaban J connectivity index is 2.33. The van der Waals surface area contributed by atoms with Crippen LogP contribution in [0.25, 0.3) is 0 Å². The van der Waals surface area contributed by atoms with E-state index in [0.717, 1.165) is 0 Å². The average molecular weight is 237 g/mol. The Bertz CT molecular complexity index is 559. The summed E-state index contributed by atoms with van der Waals surface area (Å²) in [7, 11) is -3.72. The third-order valence-electron chi connectivity index (χ3n) is 2.01. The highest BCUT2D eigenvalue weighted by Gasteiger charge is 2.32. The number of pyridine rings is 1. The zero-order valence-corrected chi connectivity index (χ0v) is 8.88. The summed E-state index contributed by atoms with van der Waals surface area (Å²) in [5, 5.41) is 11.7. The largest absolute Gasteiger partial charge is 0.376 e. The first kappa shape index (κ1) is 10.6. The molecule has 1 aromatic rings. The Morgan fingerprint density at radius 2 is 2.31 bits per heavy atom. The second kappa shape index (κ2) is 3.90. The molecule has 0 amide bonds. The molecule has 0 saturated heterocycles. The molecule has 1 atom stereocenters. The highest BCUT2D eigenvalue weighted by molar-refractivity contribution is 8.06. The molecule has 2 heterocycles. The van der Waals surface area contributed by atoms with E-state index in [9.17, 15) is 8.42 Å². The summed E-state index contributed by atoms with van der Waals surface area (Å²) < 4.78 is 23.8. The zero-order valence-electron chi connectivity index (χ0n) is 8.07. The molecule has 0 aliphatic carbocycles. The summed E-state index contributed by atoms with van der Waals surface area (Å²) in [6.07, 6.45) is 0.522. The number of sulfone groups is 1. The molecule has 0 fully saturated rings. The number of aromatic nitrogens is 1. The van der Waals surface area contributed by atoms with Crippen molar-refractivity contribution < 1.29 is 13.3 Å². The first-order valence-electron chi connectivity index (χ1n) is 4.43. The van der Waals surface area contributed by atoms with Crippen molar-refractivity contribution in [1.82, 2.24) is 4.98 Å². The molecule has 16 heavy (non-hydrogen) atoms. The topological polar surface area (TPSA) is 92.4 Å². The maximum Gasteiger partial charge on any atom is 0.240 e. The van der Waals surface area contributed by atoms with Gasteiger partial charge in [-0.3, -0.25) is 0 Å². The van der Waals surface area contributed by atoms with Crippen LogP contribution in [-0.4, -0.2) is 24.5 Å². The van der Waals surface area contributed by atoms with Crippen LogP contribution in [0.1, 0.15) is 6.42 Å². The molecular weight excluding hydrogens is 230 g/mol. The van der Waals surface area contributed by atoms with Gasteiger partial charge in [0.15, 0.2) is 10.1 Å². The van der Waals surface area contributed by atoms with Crippen LogP contribution in [0.15, 0.2) is 34.6 Å². The van der Waals surface area contributed by atoms with Crippen molar-refractivity contribution in [1.29, 1.82) is 5.26 Å². The van der Waals surface area contributed by atoms with Crippen molar-refractivity contribution in [2.45, 2.75) is 17.6 Å². The molecule has 0 spiro atoms. The van der Waals surface area contributed by atoms with Crippen LogP contribution < -0.4 is 0 Å². The number of nitrogens with zero attached hydrogens (tertiary/aromatic N) is 3. The second-order valence-electron chi connectivity index (χ2n) is 3.08. The molecule has 82 valence electrons. The number of rotatable bonds is 1. The Morgan fingerprint density at radius 3 is 2.88 bits per heavy atom. The molecule has 1 aliphatic heterocycles. The predicted octanol–water partition coefficient (Wildman–Crippen LogP) is 0.481. The van der Waals surface area contributed by atoms with E-state index in [1.807, 2.05) is 0 Å². The van der Waals surface area contributed by atoms with E-state index in [-0.39, 0.29) is 16.5 Å². The Kier molecular flexibility index (Phi) is 2.58. The fourth-order valence-electron chi connectivity index (χ4n) is 1.21. The van der Waals surface area contributed by atoms with Crippen molar-refractivity contribution in [3.63, 3.8) is 0 Å². The van der Waals surface area contributed by atoms with Gasteiger partial charge in [0.25, 0.3) is 0 Å². The fraction of sp³-hybridized carbons (Fsp3) is 0.222. The Labute approximate surface area is 92.1 Å². The van der Waals surface area contributed by atoms with E-state index >= 15 is 0 Å².